The van der Waals surface area contributed by atoms with Gasteiger partial charge in [0.15, 0.2) is 0 Å². The molecule has 0 aliphatic carbocycles. The summed E-state index contributed by atoms with van der Waals surface area (Å²) in [5, 5.41) is 9.03. The maximum atomic E-state index is 12.3. The first-order valence-corrected chi connectivity index (χ1v) is 8.99. The molecule has 0 radical (unpaired) electrons. The van der Waals surface area contributed by atoms with E-state index >= 15 is 0 Å². The molecule has 28 heavy (non-hydrogen) atoms. The zero-order chi connectivity index (χ0) is 18.2. The topological polar surface area (TPSA) is 83.1 Å². The number of amides is 2. The fourth-order valence-electron chi connectivity index (χ4n) is 3.03. The van der Waals surface area contributed by atoms with Crippen LogP contribution in [-0.2, 0) is 11.3 Å². The van der Waals surface area contributed by atoms with Gasteiger partial charge in [-0.05, 0) is 62.2 Å². The molecule has 1 fully saturated rings. The van der Waals surface area contributed by atoms with E-state index in [0.29, 0.717) is 30.1 Å². The van der Waals surface area contributed by atoms with Gasteiger partial charge in [-0.2, -0.15) is 0 Å². The molecule has 8 heteroatoms. The van der Waals surface area contributed by atoms with Crippen molar-refractivity contribution in [3.05, 3.63) is 59.9 Å². The molecule has 0 bridgehead atoms. The third-order valence-electron chi connectivity index (χ3n) is 4.51. The highest BCUT2D eigenvalue weighted by atomic mass is 35.5. The Balaban J connectivity index is 0.00000196. The maximum Gasteiger partial charge on any atom is 0.251 e. The fourth-order valence-corrected chi connectivity index (χ4v) is 3.03. The second-order valence-corrected chi connectivity index (χ2v) is 6.53. The van der Waals surface area contributed by atoms with Crippen molar-refractivity contribution in [2.24, 2.45) is 5.92 Å². The van der Waals surface area contributed by atoms with Gasteiger partial charge in [0.1, 0.15) is 0 Å². The summed E-state index contributed by atoms with van der Waals surface area (Å²) >= 11 is 0. The van der Waals surface area contributed by atoms with Crippen LogP contribution in [0.5, 0.6) is 0 Å². The van der Waals surface area contributed by atoms with Gasteiger partial charge >= 0.3 is 0 Å². The second-order valence-electron chi connectivity index (χ2n) is 6.53. The van der Waals surface area contributed by atoms with Crippen molar-refractivity contribution in [2.45, 2.75) is 25.8 Å². The Bertz CT molecular complexity index is 753. The van der Waals surface area contributed by atoms with E-state index in [4.69, 9.17) is 0 Å². The molecule has 3 rings (SSSR count). The van der Waals surface area contributed by atoms with Gasteiger partial charge in [-0.15, -0.1) is 24.8 Å². The zero-order valence-corrected chi connectivity index (χ0v) is 17.2. The number of pyridine rings is 1. The van der Waals surface area contributed by atoms with Crippen molar-refractivity contribution in [3.8, 4) is 0 Å². The number of carbonyl (C=O) groups excluding carboxylic acids is 2. The first-order chi connectivity index (χ1) is 12.7. The molecule has 0 spiro atoms. The summed E-state index contributed by atoms with van der Waals surface area (Å²) in [6.45, 7) is 2.41. The molecule has 1 atom stereocenters. The molecule has 2 heterocycles. The molecule has 152 valence electrons. The van der Waals surface area contributed by atoms with Gasteiger partial charge in [-0.3, -0.25) is 14.6 Å². The highest BCUT2D eigenvalue weighted by Gasteiger charge is 2.16. The lowest BCUT2D eigenvalue weighted by molar-refractivity contribution is -0.116. The van der Waals surface area contributed by atoms with E-state index in [1.54, 1.807) is 30.5 Å². The van der Waals surface area contributed by atoms with Crippen LogP contribution in [-0.4, -0.2) is 29.9 Å². The number of halogens is 2. The number of hydrogen-bond donors (Lipinski definition) is 3. The summed E-state index contributed by atoms with van der Waals surface area (Å²) in [4.78, 5) is 28.6. The van der Waals surface area contributed by atoms with Crippen LogP contribution in [0.1, 0.15) is 35.3 Å². The summed E-state index contributed by atoms with van der Waals surface area (Å²) in [5.41, 5.74) is 1.95. The predicted molar refractivity (Wildman–Crippen MR) is 115 cm³/mol. The molecule has 1 unspecified atom stereocenters. The van der Waals surface area contributed by atoms with Gasteiger partial charge in [0.05, 0.1) is 12.2 Å². The molecule has 6 nitrogen and oxygen atoms in total. The first-order valence-electron chi connectivity index (χ1n) is 8.99. The van der Waals surface area contributed by atoms with Gasteiger partial charge in [0, 0.05) is 23.9 Å². The quantitative estimate of drug-likeness (QED) is 0.637. The SMILES string of the molecule is Cl.Cl.O=C(CCC1CCNC1)Nc1cccc(C(=O)NCc2ccccn2)c1. The van der Waals surface area contributed by atoms with Gasteiger partial charge in [-0.25, -0.2) is 0 Å². The molecule has 1 aromatic heterocycles. The van der Waals surface area contributed by atoms with Crippen LogP contribution in [0.4, 0.5) is 5.69 Å². The van der Waals surface area contributed by atoms with Crippen molar-refractivity contribution in [1.29, 1.82) is 0 Å². The number of benzene rings is 1. The largest absolute Gasteiger partial charge is 0.346 e. The molecule has 0 saturated carbocycles. The van der Waals surface area contributed by atoms with E-state index in [2.05, 4.69) is 20.9 Å². The minimum Gasteiger partial charge on any atom is -0.346 e. The van der Waals surface area contributed by atoms with E-state index in [0.717, 1.165) is 31.6 Å². The van der Waals surface area contributed by atoms with Gasteiger partial charge in [0.25, 0.3) is 5.91 Å². The maximum absolute atomic E-state index is 12.3. The summed E-state index contributed by atoms with van der Waals surface area (Å²) in [6, 6.07) is 12.6. The van der Waals surface area contributed by atoms with E-state index in [-0.39, 0.29) is 36.6 Å². The molecule has 1 aliphatic heterocycles. The number of rotatable bonds is 7. The molecule has 2 amide bonds. The Morgan fingerprint density at radius 1 is 1.14 bits per heavy atom. The normalized spacial score (nSPS) is 15.1. The Kier molecular flexibility index (Phi) is 10.5. The average molecular weight is 425 g/mol. The lowest BCUT2D eigenvalue weighted by Gasteiger charge is -2.10. The van der Waals surface area contributed by atoms with Crippen LogP contribution in [0.25, 0.3) is 0 Å². The van der Waals surface area contributed by atoms with Crippen molar-refractivity contribution in [2.75, 3.05) is 18.4 Å². The second kappa shape index (κ2) is 12.3. The lowest BCUT2D eigenvalue weighted by Crippen LogP contribution is -2.23. The van der Waals surface area contributed by atoms with Crippen LogP contribution in [0, 0.1) is 5.92 Å². The molecule has 2 aromatic rings. The lowest BCUT2D eigenvalue weighted by atomic mass is 10.0. The molecular formula is C20H26Cl2N4O2. The van der Waals surface area contributed by atoms with Crippen molar-refractivity contribution in [1.82, 2.24) is 15.6 Å². The van der Waals surface area contributed by atoms with Crippen LogP contribution >= 0.6 is 24.8 Å². The van der Waals surface area contributed by atoms with E-state index in [1.807, 2.05) is 18.2 Å². The van der Waals surface area contributed by atoms with Crippen LogP contribution in [0.15, 0.2) is 48.7 Å². The number of hydrogen-bond acceptors (Lipinski definition) is 4. The Morgan fingerprint density at radius 3 is 2.71 bits per heavy atom. The fraction of sp³-hybridized carbons (Fsp3) is 0.350. The number of carbonyl (C=O) groups is 2. The summed E-state index contributed by atoms with van der Waals surface area (Å²) in [6.07, 6.45) is 4.23. The number of aromatic nitrogens is 1. The molecule has 1 saturated heterocycles. The minimum atomic E-state index is -0.191. The summed E-state index contributed by atoms with van der Waals surface area (Å²) < 4.78 is 0. The first kappa shape index (κ1) is 23.9. The van der Waals surface area contributed by atoms with E-state index in [1.165, 1.54) is 0 Å². The molecular weight excluding hydrogens is 399 g/mol. The van der Waals surface area contributed by atoms with Gasteiger partial charge in [-0.1, -0.05) is 12.1 Å². The van der Waals surface area contributed by atoms with Gasteiger partial charge in [0.2, 0.25) is 5.91 Å². The van der Waals surface area contributed by atoms with E-state index in [9.17, 15) is 9.59 Å². The zero-order valence-electron chi connectivity index (χ0n) is 15.5. The predicted octanol–water partition coefficient (Wildman–Crippen LogP) is 3.18. The number of anilines is 1. The molecule has 1 aromatic carbocycles. The Hall–Kier alpha value is -2.15. The van der Waals surface area contributed by atoms with Crippen LogP contribution < -0.4 is 16.0 Å². The molecule has 3 N–H and O–H groups in total. The van der Waals surface area contributed by atoms with Gasteiger partial charge < -0.3 is 16.0 Å². The van der Waals surface area contributed by atoms with Crippen molar-refractivity contribution >= 4 is 42.3 Å². The van der Waals surface area contributed by atoms with Crippen molar-refractivity contribution < 1.29 is 9.59 Å². The summed E-state index contributed by atoms with van der Waals surface area (Å²) in [5.74, 6) is 0.385. The smallest absolute Gasteiger partial charge is 0.251 e. The Labute approximate surface area is 177 Å². The standard InChI is InChI=1S/C20H24N4O2.2ClH/c25-19(8-7-15-9-11-21-13-15)24-17-6-3-4-16(12-17)20(26)23-14-18-5-1-2-10-22-18;;/h1-6,10,12,15,21H,7-9,11,13-14H2,(H,23,26)(H,24,25);2*1H. The Morgan fingerprint density at radius 2 is 2.00 bits per heavy atom. The van der Waals surface area contributed by atoms with Crippen LogP contribution in [0.3, 0.4) is 0 Å². The summed E-state index contributed by atoms with van der Waals surface area (Å²) in [7, 11) is 0. The van der Waals surface area contributed by atoms with Crippen molar-refractivity contribution in [3.63, 3.8) is 0 Å². The molecule has 1 aliphatic rings. The highest BCUT2D eigenvalue weighted by molar-refractivity contribution is 5.97. The monoisotopic (exact) mass is 424 g/mol. The minimum absolute atomic E-state index is 0. The van der Waals surface area contributed by atoms with Crippen LogP contribution in [0.2, 0.25) is 0 Å². The van der Waals surface area contributed by atoms with E-state index < -0.39 is 0 Å². The average Bonchev–Trinajstić information content (AvgIpc) is 3.19. The third kappa shape index (κ3) is 7.46. The third-order valence-corrected chi connectivity index (χ3v) is 4.51. The number of nitrogens with zero attached hydrogens (tertiary/aromatic N) is 1. The highest BCUT2D eigenvalue weighted by Crippen LogP contribution is 2.16. The number of nitrogens with one attached hydrogen (secondary N) is 3.